The average molecular weight is 533 g/mol. The van der Waals surface area contributed by atoms with Gasteiger partial charge in [0.05, 0.1) is 19.9 Å². The van der Waals surface area contributed by atoms with Crippen LogP contribution >= 0.6 is 15.9 Å². The van der Waals surface area contributed by atoms with Crippen molar-refractivity contribution in [1.82, 2.24) is 24.8 Å². The van der Waals surface area contributed by atoms with Gasteiger partial charge in [0.15, 0.2) is 22.0 Å². The van der Waals surface area contributed by atoms with Crippen molar-refractivity contribution in [2.45, 2.75) is 36.4 Å². The summed E-state index contributed by atoms with van der Waals surface area (Å²) in [6.07, 6.45) is 7.23. The third kappa shape index (κ3) is 6.56. The lowest BCUT2D eigenvalue weighted by Crippen LogP contribution is -2.26. The standard InChI is InChI=1S/C11H11N3O2.C7H9BrO3.C4H5N3/c1-16-11(15)10-9(7-4-5-7)13-8-3-2-6-12-14(8)10;1-11-7(10)5(8)6(9)4-2-3-4;5-4-2-1-3-6-7-4/h2-3,6-7H,4-5H2,1H3;4-5H,2-3H2,1H3;1-3H,(H2,5,7). The Hall–Kier alpha value is -3.41. The number of carbonyl (C=O) groups is 3. The summed E-state index contributed by atoms with van der Waals surface area (Å²) in [5, 5.41) is 11.2. The molecule has 12 heteroatoms. The van der Waals surface area contributed by atoms with Crippen LogP contribution < -0.4 is 5.73 Å². The van der Waals surface area contributed by atoms with E-state index in [1.807, 2.05) is 6.07 Å². The lowest BCUT2D eigenvalue weighted by molar-refractivity contribution is -0.142. The van der Waals surface area contributed by atoms with Crippen molar-refractivity contribution in [3.63, 3.8) is 0 Å². The van der Waals surface area contributed by atoms with Gasteiger partial charge in [-0.3, -0.25) is 9.59 Å². The number of hydrogen-bond donors (Lipinski definition) is 1. The number of aromatic nitrogens is 5. The van der Waals surface area contributed by atoms with E-state index in [1.165, 1.54) is 14.2 Å². The van der Waals surface area contributed by atoms with E-state index in [2.05, 4.69) is 40.9 Å². The number of imidazole rings is 1. The molecule has 0 radical (unpaired) electrons. The number of fused-ring (bicyclic) bond motifs is 1. The second-order valence-corrected chi connectivity index (χ2v) is 8.53. The lowest BCUT2D eigenvalue weighted by atomic mass is 10.2. The van der Waals surface area contributed by atoms with Crippen molar-refractivity contribution in [3.05, 3.63) is 48.0 Å². The minimum atomic E-state index is -0.750. The molecule has 1 atom stereocenters. The molecule has 5 rings (SSSR count). The monoisotopic (exact) mass is 532 g/mol. The van der Waals surface area contributed by atoms with Crippen LogP contribution in [0.1, 0.15) is 47.8 Å². The first-order chi connectivity index (χ1) is 16.4. The Morgan fingerprint density at radius 2 is 1.79 bits per heavy atom. The van der Waals surface area contributed by atoms with E-state index in [9.17, 15) is 14.4 Å². The van der Waals surface area contributed by atoms with Crippen LogP contribution in [0.5, 0.6) is 0 Å². The van der Waals surface area contributed by atoms with Crippen molar-refractivity contribution in [3.8, 4) is 0 Å². The predicted molar refractivity (Wildman–Crippen MR) is 125 cm³/mol. The predicted octanol–water partition coefficient (Wildman–Crippen LogP) is 2.35. The van der Waals surface area contributed by atoms with E-state index in [-0.39, 0.29) is 17.7 Å². The molecule has 2 fully saturated rings. The van der Waals surface area contributed by atoms with E-state index < -0.39 is 10.8 Å². The highest BCUT2D eigenvalue weighted by molar-refractivity contribution is 9.10. The minimum absolute atomic E-state index is 0.0446. The largest absolute Gasteiger partial charge is 0.468 e. The molecule has 0 spiro atoms. The fraction of sp³-hybridized carbons (Fsp3) is 0.409. The SMILES string of the molecule is COC(=O)C(Br)C(=O)C1CC1.COC(=O)c1c(C2CC2)nc2cccnn12.Nc1cccnn1. The van der Waals surface area contributed by atoms with Crippen LogP contribution in [-0.2, 0) is 19.1 Å². The summed E-state index contributed by atoms with van der Waals surface area (Å²) in [6.45, 7) is 0. The number of ketones is 1. The van der Waals surface area contributed by atoms with Gasteiger partial charge in [-0.1, -0.05) is 15.9 Å². The van der Waals surface area contributed by atoms with Crippen molar-refractivity contribution in [1.29, 1.82) is 0 Å². The Balaban J connectivity index is 0.000000156. The third-order valence-electron chi connectivity index (χ3n) is 4.99. The second kappa shape index (κ2) is 11.6. The molecule has 2 N–H and O–H groups in total. The van der Waals surface area contributed by atoms with Gasteiger partial charge in [0.25, 0.3) is 0 Å². The molecule has 2 aliphatic carbocycles. The molecule has 34 heavy (non-hydrogen) atoms. The Morgan fingerprint density at radius 1 is 1.09 bits per heavy atom. The molecule has 2 saturated carbocycles. The number of halogens is 1. The van der Waals surface area contributed by atoms with Gasteiger partial charge in [0.2, 0.25) is 0 Å². The molecule has 0 saturated heterocycles. The highest BCUT2D eigenvalue weighted by Crippen LogP contribution is 2.41. The molecular weight excluding hydrogens is 508 g/mol. The van der Waals surface area contributed by atoms with Crippen LogP contribution in [0.4, 0.5) is 5.82 Å². The number of methoxy groups -OCH3 is 2. The van der Waals surface area contributed by atoms with Gasteiger partial charge in [-0.15, -0.1) is 5.10 Å². The molecule has 3 heterocycles. The fourth-order valence-corrected chi connectivity index (χ4v) is 3.50. The molecular formula is C22H25BrN6O5. The van der Waals surface area contributed by atoms with Crippen molar-refractivity contribution in [2.75, 3.05) is 20.0 Å². The van der Waals surface area contributed by atoms with Crippen LogP contribution in [0.2, 0.25) is 0 Å². The Morgan fingerprint density at radius 3 is 2.29 bits per heavy atom. The van der Waals surface area contributed by atoms with Crippen LogP contribution in [0.3, 0.4) is 0 Å². The number of rotatable bonds is 5. The number of Topliss-reactive ketones (excluding diaryl/α,β-unsaturated/α-hetero) is 1. The van der Waals surface area contributed by atoms with Crippen LogP contribution in [0, 0.1) is 5.92 Å². The van der Waals surface area contributed by atoms with E-state index >= 15 is 0 Å². The molecule has 180 valence electrons. The maximum Gasteiger partial charge on any atom is 0.358 e. The molecule has 0 bridgehead atoms. The number of alkyl halides is 1. The van der Waals surface area contributed by atoms with Crippen molar-refractivity contribution < 1.29 is 23.9 Å². The molecule has 0 aromatic carbocycles. The number of nitrogens with two attached hydrogens (primary N) is 1. The van der Waals surface area contributed by atoms with Crippen molar-refractivity contribution >= 4 is 45.1 Å². The molecule has 3 aromatic heterocycles. The van der Waals surface area contributed by atoms with E-state index in [4.69, 9.17) is 10.5 Å². The van der Waals surface area contributed by atoms with Gasteiger partial charge in [-0.05, 0) is 49.9 Å². The van der Waals surface area contributed by atoms with Gasteiger partial charge >= 0.3 is 11.9 Å². The van der Waals surface area contributed by atoms with Gasteiger partial charge in [0.1, 0.15) is 5.82 Å². The van der Waals surface area contributed by atoms with Gasteiger partial charge < -0.3 is 15.2 Å². The summed E-state index contributed by atoms with van der Waals surface area (Å²) in [7, 11) is 2.65. The maximum atomic E-state index is 11.7. The zero-order valence-corrected chi connectivity index (χ0v) is 20.3. The number of hydrogen-bond acceptors (Lipinski definition) is 10. The first kappa shape index (κ1) is 25.2. The third-order valence-corrected chi connectivity index (χ3v) is 5.82. The number of esters is 2. The van der Waals surface area contributed by atoms with E-state index in [1.54, 1.807) is 35.1 Å². The Labute approximate surface area is 204 Å². The fourth-order valence-electron chi connectivity index (χ4n) is 2.94. The minimum Gasteiger partial charge on any atom is -0.468 e. The molecule has 3 aromatic rings. The first-order valence-corrected chi connectivity index (χ1v) is 11.5. The van der Waals surface area contributed by atoms with Gasteiger partial charge in [-0.25, -0.2) is 14.3 Å². The lowest BCUT2D eigenvalue weighted by Gasteiger charge is -2.03. The Kier molecular flexibility index (Phi) is 8.63. The van der Waals surface area contributed by atoms with E-state index in [0.717, 1.165) is 31.4 Å². The van der Waals surface area contributed by atoms with Crippen molar-refractivity contribution in [2.24, 2.45) is 5.92 Å². The van der Waals surface area contributed by atoms with E-state index in [0.29, 0.717) is 23.1 Å². The summed E-state index contributed by atoms with van der Waals surface area (Å²) in [4.78, 5) is 37.4. The normalized spacial score (nSPS) is 15.1. The Bertz CT molecular complexity index is 1150. The summed E-state index contributed by atoms with van der Waals surface area (Å²) in [5.74, 6) is 0.0450. The topological polar surface area (TPSA) is 152 Å². The summed E-state index contributed by atoms with van der Waals surface area (Å²) in [5.41, 5.74) is 7.18. The summed E-state index contributed by atoms with van der Waals surface area (Å²) >= 11 is 2.99. The van der Waals surface area contributed by atoms with Crippen LogP contribution in [0.25, 0.3) is 5.65 Å². The maximum absolute atomic E-state index is 11.7. The number of ether oxygens (including phenoxy) is 2. The second-order valence-electron chi connectivity index (χ2n) is 7.62. The number of carbonyl (C=O) groups excluding carboxylic acids is 3. The van der Waals surface area contributed by atoms with Crippen LogP contribution in [0.15, 0.2) is 36.7 Å². The molecule has 0 amide bonds. The summed E-state index contributed by atoms with van der Waals surface area (Å²) in [6, 6.07) is 7.07. The summed E-state index contributed by atoms with van der Waals surface area (Å²) < 4.78 is 10.7. The number of nitrogens with zero attached hydrogens (tertiary/aromatic N) is 5. The highest BCUT2D eigenvalue weighted by Gasteiger charge is 2.37. The quantitative estimate of drug-likeness (QED) is 0.294. The number of nitrogen functional groups attached to an aromatic ring is 1. The smallest absolute Gasteiger partial charge is 0.358 e. The average Bonchev–Trinajstić information content (AvgIpc) is 3.80. The van der Waals surface area contributed by atoms with Gasteiger partial charge in [-0.2, -0.15) is 10.2 Å². The zero-order chi connectivity index (χ0) is 24.7. The first-order valence-electron chi connectivity index (χ1n) is 10.6. The van der Waals surface area contributed by atoms with Gasteiger partial charge in [0, 0.05) is 24.2 Å². The number of anilines is 1. The zero-order valence-electron chi connectivity index (χ0n) is 18.8. The highest BCUT2D eigenvalue weighted by atomic mass is 79.9. The molecule has 0 aliphatic heterocycles. The van der Waals surface area contributed by atoms with Crippen LogP contribution in [-0.4, -0.2) is 61.6 Å². The molecule has 1 unspecified atom stereocenters. The molecule has 2 aliphatic rings. The molecule has 11 nitrogen and oxygen atoms in total.